The molecule has 0 unspecified atom stereocenters. The smallest absolute Gasteiger partial charge is 0.271 e. The Morgan fingerprint density at radius 1 is 1.36 bits per heavy atom. The number of non-ortho nitro benzene ring substituents is 1. The second kappa shape index (κ2) is 5.71. The first-order chi connectivity index (χ1) is 10.2. The van der Waals surface area contributed by atoms with Gasteiger partial charge >= 0.3 is 0 Å². The molecular formula is C16H18N2O4. The van der Waals surface area contributed by atoms with Crippen molar-refractivity contribution in [1.29, 1.82) is 0 Å². The van der Waals surface area contributed by atoms with Gasteiger partial charge in [-0.2, -0.15) is 0 Å². The number of allylic oxidation sites excluding steroid dienone is 2. The quantitative estimate of drug-likeness (QED) is 0.522. The molecule has 0 amide bonds. The molecule has 0 atom stereocenters. The normalized spacial score (nSPS) is 18.0. The Kier molecular flexibility index (Phi) is 4.12. The zero-order chi connectivity index (χ0) is 16.5. The molecule has 116 valence electrons. The fraction of sp³-hybridized carbons (Fsp3) is 0.375. The molecule has 1 aromatic carbocycles. The summed E-state index contributed by atoms with van der Waals surface area (Å²) in [4.78, 5) is 26.5. The van der Waals surface area contributed by atoms with Crippen LogP contribution in [0.1, 0.15) is 32.3 Å². The first-order valence-electron chi connectivity index (χ1n) is 6.94. The largest absolute Gasteiger partial charge is 0.511 e. The number of carbonyl (C=O) groups excluding carboxylic acids is 1. The lowest BCUT2D eigenvalue weighted by Crippen LogP contribution is -2.26. The zero-order valence-electron chi connectivity index (χ0n) is 12.8. The minimum Gasteiger partial charge on any atom is -0.511 e. The van der Waals surface area contributed by atoms with Crippen LogP contribution < -0.4 is 0 Å². The summed E-state index contributed by atoms with van der Waals surface area (Å²) in [5.41, 5.74) is 1.02. The van der Waals surface area contributed by atoms with Crippen LogP contribution in [0.15, 0.2) is 34.5 Å². The number of ketones is 1. The Morgan fingerprint density at radius 3 is 2.64 bits per heavy atom. The van der Waals surface area contributed by atoms with E-state index in [-0.39, 0.29) is 28.2 Å². The van der Waals surface area contributed by atoms with E-state index in [0.29, 0.717) is 18.5 Å². The Labute approximate surface area is 128 Å². The molecule has 0 aromatic heterocycles. The maximum absolute atomic E-state index is 12.1. The van der Waals surface area contributed by atoms with Crippen molar-refractivity contribution >= 4 is 23.4 Å². The van der Waals surface area contributed by atoms with Crippen LogP contribution in [0, 0.1) is 22.5 Å². The van der Waals surface area contributed by atoms with Gasteiger partial charge in [0, 0.05) is 31.2 Å². The van der Waals surface area contributed by atoms with Crippen LogP contribution in [-0.2, 0) is 4.79 Å². The molecular weight excluding hydrogens is 284 g/mol. The minimum atomic E-state index is -0.497. The van der Waals surface area contributed by atoms with E-state index < -0.39 is 4.92 Å². The van der Waals surface area contributed by atoms with E-state index in [1.165, 1.54) is 18.3 Å². The number of nitro groups is 1. The molecule has 0 saturated carbocycles. The van der Waals surface area contributed by atoms with Crippen LogP contribution >= 0.6 is 0 Å². The fourth-order valence-corrected chi connectivity index (χ4v) is 2.43. The van der Waals surface area contributed by atoms with Crippen LogP contribution in [0.4, 0.5) is 11.4 Å². The number of Topliss-reactive ketones (excluding diaryl/α,β-unsaturated/α-hetero) is 1. The molecule has 22 heavy (non-hydrogen) atoms. The predicted molar refractivity (Wildman–Crippen MR) is 83.7 cm³/mol. The van der Waals surface area contributed by atoms with Crippen molar-refractivity contribution in [2.75, 3.05) is 0 Å². The number of hydrogen-bond donors (Lipinski definition) is 1. The minimum absolute atomic E-state index is 0.0214. The second-order valence-electron chi connectivity index (χ2n) is 6.29. The molecule has 6 nitrogen and oxygen atoms in total. The topological polar surface area (TPSA) is 92.8 Å². The first kappa shape index (κ1) is 15.9. The van der Waals surface area contributed by atoms with Gasteiger partial charge in [-0.15, -0.1) is 0 Å². The number of rotatable bonds is 3. The summed E-state index contributed by atoms with van der Waals surface area (Å²) < 4.78 is 0. The van der Waals surface area contributed by atoms with Crippen molar-refractivity contribution < 1.29 is 14.8 Å². The average molecular weight is 302 g/mol. The molecule has 2 rings (SSSR count). The molecule has 1 N–H and O–H groups in total. The maximum Gasteiger partial charge on any atom is 0.271 e. The number of aliphatic hydroxyl groups is 1. The van der Waals surface area contributed by atoms with Crippen LogP contribution in [0.3, 0.4) is 0 Å². The lowest BCUT2D eigenvalue weighted by Gasteiger charge is -2.28. The third-order valence-corrected chi connectivity index (χ3v) is 3.63. The highest BCUT2D eigenvalue weighted by Gasteiger charge is 2.32. The highest BCUT2D eigenvalue weighted by atomic mass is 16.6. The lowest BCUT2D eigenvalue weighted by molar-refractivity contribution is -0.384. The summed E-state index contributed by atoms with van der Waals surface area (Å²) >= 11 is 0. The van der Waals surface area contributed by atoms with Gasteiger partial charge in [0.2, 0.25) is 0 Å². The fourth-order valence-electron chi connectivity index (χ4n) is 2.43. The molecule has 0 spiro atoms. The van der Waals surface area contributed by atoms with Crippen molar-refractivity contribution in [2.45, 2.75) is 33.6 Å². The van der Waals surface area contributed by atoms with E-state index in [2.05, 4.69) is 4.99 Å². The SMILES string of the molecule is Cc1ccc([N+](=O)[O-])cc1N=CC1=C(O)CC(C)(C)CC1=O. The molecule has 0 radical (unpaired) electrons. The van der Waals surface area contributed by atoms with Crippen LogP contribution in [0.5, 0.6) is 0 Å². The van der Waals surface area contributed by atoms with Gasteiger partial charge in [-0.3, -0.25) is 19.9 Å². The van der Waals surface area contributed by atoms with Crippen LogP contribution in [0.25, 0.3) is 0 Å². The molecule has 0 saturated heterocycles. The van der Waals surface area contributed by atoms with E-state index in [0.717, 1.165) is 5.56 Å². The Hall–Kier alpha value is -2.50. The maximum atomic E-state index is 12.1. The molecule has 1 aliphatic carbocycles. The Bertz CT molecular complexity index is 702. The van der Waals surface area contributed by atoms with E-state index >= 15 is 0 Å². The predicted octanol–water partition coefficient (Wildman–Crippen LogP) is 3.81. The number of carbonyl (C=O) groups is 1. The van der Waals surface area contributed by atoms with Crippen LogP contribution in [0.2, 0.25) is 0 Å². The third-order valence-electron chi connectivity index (χ3n) is 3.63. The van der Waals surface area contributed by atoms with E-state index in [4.69, 9.17) is 0 Å². The molecule has 0 fully saturated rings. The summed E-state index contributed by atoms with van der Waals surface area (Å²) in [5, 5.41) is 20.8. The first-order valence-corrected chi connectivity index (χ1v) is 6.94. The van der Waals surface area contributed by atoms with Crippen molar-refractivity contribution in [3.63, 3.8) is 0 Å². The zero-order valence-corrected chi connectivity index (χ0v) is 12.8. The molecule has 0 bridgehead atoms. The van der Waals surface area contributed by atoms with Crippen molar-refractivity contribution in [2.24, 2.45) is 10.4 Å². The third kappa shape index (κ3) is 3.39. The number of nitrogens with zero attached hydrogens (tertiary/aromatic N) is 2. The molecule has 0 aliphatic heterocycles. The van der Waals surface area contributed by atoms with E-state index in [1.54, 1.807) is 13.0 Å². The van der Waals surface area contributed by atoms with Crippen molar-refractivity contribution in [3.05, 3.63) is 45.2 Å². The van der Waals surface area contributed by atoms with E-state index in [9.17, 15) is 20.0 Å². The number of nitro benzene ring substituents is 1. The number of benzene rings is 1. The molecule has 1 aromatic rings. The van der Waals surface area contributed by atoms with Gasteiger partial charge in [0.1, 0.15) is 5.76 Å². The Morgan fingerprint density at radius 2 is 2.05 bits per heavy atom. The van der Waals surface area contributed by atoms with Gasteiger partial charge in [-0.1, -0.05) is 19.9 Å². The second-order valence-corrected chi connectivity index (χ2v) is 6.29. The van der Waals surface area contributed by atoms with Gasteiger partial charge in [0.25, 0.3) is 5.69 Å². The molecule has 6 heteroatoms. The van der Waals surface area contributed by atoms with Crippen molar-refractivity contribution in [3.8, 4) is 0 Å². The molecule has 0 heterocycles. The van der Waals surface area contributed by atoms with Crippen LogP contribution in [-0.4, -0.2) is 22.0 Å². The monoisotopic (exact) mass is 302 g/mol. The van der Waals surface area contributed by atoms with Gasteiger partial charge in [-0.25, -0.2) is 0 Å². The number of aryl methyl sites for hydroxylation is 1. The summed E-state index contributed by atoms with van der Waals surface area (Å²) in [5.74, 6) is -0.145. The summed E-state index contributed by atoms with van der Waals surface area (Å²) in [6.45, 7) is 5.61. The Balaban J connectivity index is 2.34. The van der Waals surface area contributed by atoms with Gasteiger partial charge < -0.3 is 5.11 Å². The van der Waals surface area contributed by atoms with Gasteiger partial charge in [0.15, 0.2) is 5.78 Å². The molecule has 1 aliphatic rings. The van der Waals surface area contributed by atoms with Gasteiger partial charge in [0.05, 0.1) is 16.2 Å². The number of aliphatic imine (C=N–C) groups is 1. The highest BCUT2D eigenvalue weighted by molar-refractivity contribution is 6.15. The highest BCUT2D eigenvalue weighted by Crippen LogP contribution is 2.35. The summed E-state index contributed by atoms with van der Waals surface area (Å²) in [6.07, 6.45) is 2.05. The van der Waals surface area contributed by atoms with E-state index in [1.807, 2.05) is 13.8 Å². The average Bonchev–Trinajstić information content (AvgIpc) is 2.38. The standard InChI is InChI=1S/C16H18N2O4/c1-10-4-5-11(18(21)22)6-13(10)17-9-12-14(19)7-16(2,3)8-15(12)20/h4-6,9,19H,7-8H2,1-3H3. The van der Waals surface area contributed by atoms with Gasteiger partial charge in [-0.05, 0) is 17.9 Å². The summed E-state index contributed by atoms with van der Waals surface area (Å²) in [6, 6.07) is 4.35. The summed E-state index contributed by atoms with van der Waals surface area (Å²) in [7, 11) is 0. The number of hydrogen-bond acceptors (Lipinski definition) is 5. The number of aliphatic hydroxyl groups excluding tert-OH is 1. The lowest BCUT2D eigenvalue weighted by atomic mass is 9.77. The van der Waals surface area contributed by atoms with Crippen molar-refractivity contribution in [1.82, 2.24) is 0 Å².